The number of aromatic nitrogens is 1. The summed E-state index contributed by atoms with van der Waals surface area (Å²) in [5, 5.41) is 6.23. The second-order valence-electron chi connectivity index (χ2n) is 4.55. The van der Waals surface area contributed by atoms with E-state index in [1.54, 1.807) is 6.20 Å². The number of rotatable bonds is 3. The van der Waals surface area contributed by atoms with E-state index in [4.69, 9.17) is 34.8 Å². The Morgan fingerprint density at radius 2 is 1.62 bits per heavy atom. The van der Waals surface area contributed by atoms with Gasteiger partial charge in [-0.05, 0) is 36.4 Å². The SMILES string of the molecule is Clc1cccc(Cl)c1CNc1ccc(Cl)c2ncccc12. The Kier molecular flexibility index (Phi) is 4.20. The van der Waals surface area contributed by atoms with Crippen molar-refractivity contribution in [3.8, 4) is 0 Å². The molecule has 21 heavy (non-hydrogen) atoms. The molecule has 0 aliphatic heterocycles. The van der Waals surface area contributed by atoms with Gasteiger partial charge in [0.1, 0.15) is 0 Å². The normalized spacial score (nSPS) is 10.8. The maximum absolute atomic E-state index is 6.18. The first-order chi connectivity index (χ1) is 10.2. The molecule has 0 fully saturated rings. The van der Waals surface area contributed by atoms with E-state index in [1.807, 2.05) is 42.5 Å². The molecule has 0 spiro atoms. The zero-order valence-electron chi connectivity index (χ0n) is 10.9. The first-order valence-electron chi connectivity index (χ1n) is 6.37. The number of nitrogens with zero attached hydrogens (tertiary/aromatic N) is 1. The van der Waals surface area contributed by atoms with Crippen LogP contribution in [-0.2, 0) is 6.54 Å². The van der Waals surface area contributed by atoms with Gasteiger partial charge in [0.15, 0.2) is 0 Å². The molecule has 106 valence electrons. The van der Waals surface area contributed by atoms with Gasteiger partial charge in [-0.3, -0.25) is 4.98 Å². The van der Waals surface area contributed by atoms with Crippen molar-refractivity contribution in [1.29, 1.82) is 0 Å². The highest BCUT2D eigenvalue weighted by Crippen LogP contribution is 2.30. The zero-order chi connectivity index (χ0) is 14.8. The fourth-order valence-corrected chi connectivity index (χ4v) is 2.92. The Morgan fingerprint density at radius 1 is 0.857 bits per heavy atom. The van der Waals surface area contributed by atoms with Crippen LogP contribution in [0.4, 0.5) is 5.69 Å². The minimum absolute atomic E-state index is 0.532. The van der Waals surface area contributed by atoms with Crippen LogP contribution in [0.15, 0.2) is 48.7 Å². The van der Waals surface area contributed by atoms with Crippen LogP contribution in [0.2, 0.25) is 15.1 Å². The van der Waals surface area contributed by atoms with Crippen molar-refractivity contribution < 1.29 is 0 Å². The first-order valence-corrected chi connectivity index (χ1v) is 7.50. The molecular weight excluding hydrogens is 327 g/mol. The summed E-state index contributed by atoms with van der Waals surface area (Å²) < 4.78 is 0. The van der Waals surface area contributed by atoms with Crippen LogP contribution in [0.5, 0.6) is 0 Å². The predicted octanol–water partition coefficient (Wildman–Crippen LogP) is 5.81. The third-order valence-corrected chi connectivity index (χ3v) is 4.25. The van der Waals surface area contributed by atoms with Gasteiger partial charge in [0.2, 0.25) is 0 Å². The van der Waals surface area contributed by atoms with Gasteiger partial charge in [-0.1, -0.05) is 40.9 Å². The largest absolute Gasteiger partial charge is 0.380 e. The van der Waals surface area contributed by atoms with E-state index in [9.17, 15) is 0 Å². The van der Waals surface area contributed by atoms with E-state index >= 15 is 0 Å². The quantitative estimate of drug-likeness (QED) is 0.652. The summed E-state index contributed by atoms with van der Waals surface area (Å²) in [6.07, 6.45) is 1.73. The number of pyridine rings is 1. The van der Waals surface area contributed by atoms with Gasteiger partial charge in [-0.25, -0.2) is 0 Å². The fourth-order valence-electron chi connectivity index (χ4n) is 2.18. The molecule has 1 heterocycles. The third-order valence-electron chi connectivity index (χ3n) is 3.24. The number of nitrogens with one attached hydrogen (secondary N) is 1. The van der Waals surface area contributed by atoms with E-state index in [2.05, 4.69) is 10.3 Å². The van der Waals surface area contributed by atoms with Crippen molar-refractivity contribution in [2.24, 2.45) is 0 Å². The maximum atomic E-state index is 6.18. The molecule has 2 aromatic carbocycles. The highest BCUT2D eigenvalue weighted by molar-refractivity contribution is 6.36. The fraction of sp³-hybridized carbons (Fsp3) is 0.0625. The van der Waals surface area contributed by atoms with Crippen LogP contribution in [0.25, 0.3) is 10.9 Å². The van der Waals surface area contributed by atoms with E-state index in [0.29, 0.717) is 21.6 Å². The lowest BCUT2D eigenvalue weighted by Crippen LogP contribution is -2.01. The summed E-state index contributed by atoms with van der Waals surface area (Å²) in [6.45, 7) is 0.532. The maximum Gasteiger partial charge on any atom is 0.0908 e. The minimum Gasteiger partial charge on any atom is -0.380 e. The number of hydrogen-bond acceptors (Lipinski definition) is 2. The van der Waals surface area contributed by atoms with Crippen molar-refractivity contribution in [3.05, 3.63) is 69.3 Å². The monoisotopic (exact) mass is 336 g/mol. The Bertz CT molecular complexity index is 782. The van der Waals surface area contributed by atoms with E-state index in [0.717, 1.165) is 22.2 Å². The van der Waals surface area contributed by atoms with Crippen molar-refractivity contribution >= 4 is 51.4 Å². The molecule has 3 aromatic rings. The lowest BCUT2D eigenvalue weighted by Gasteiger charge is -2.12. The molecule has 0 aliphatic carbocycles. The van der Waals surface area contributed by atoms with Gasteiger partial charge < -0.3 is 5.32 Å². The molecule has 0 radical (unpaired) electrons. The summed E-state index contributed by atoms with van der Waals surface area (Å²) in [4.78, 5) is 4.31. The minimum atomic E-state index is 0.532. The van der Waals surface area contributed by atoms with Crippen molar-refractivity contribution in [3.63, 3.8) is 0 Å². The second-order valence-corrected chi connectivity index (χ2v) is 5.77. The Morgan fingerprint density at radius 3 is 2.38 bits per heavy atom. The highest BCUT2D eigenvalue weighted by Gasteiger charge is 2.08. The van der Waals surface area contributed by atoms with Gasteiger partial charge in [-0.15, -0.1) is 0 Å². The average Bonchev–Trinajstić information content (AvgIpc) is 2.49. The van der Waals surface area contributed by atoms with Crippen molar-refractivity contribution in [2.75, 3.05) is 5.32 Å². The lowest BCUT2D eigenvalue weighted by atomic mass is 10.1. The van der Waals surface area contributed by atoms with Crippen molar-refractivity contribution in [2.45, 2.75) is 6.54 Å². The summed E-state index contributed by atoms with van der Waals surface area (Å²) in [7, 11) is 0. The van der Waals surface area contributed by atoms with Crippen LogP contribution in [0.3, 0.4) is 0 Å². The molecular formula is C16H11Cl3N2. The highest BCUT2D eigenvalue weighted by atomic mass is 35.5. The average molecular weight is 338 g/mol. The van der Waals surface area contributed by atoms with E-state index in [-0.39, 0.29) is 0 Å². The molecule has 0 amide bonds. The molecule has 1 N–H and O–H groups in total. The zero-order valence-corrected chi connectivity index (χ0v) is 13.2. The van der Waals surface area contributed by atoms with E-state index < -0.39 is 0 Å². The van der Waals surface area contributed by atoms with Gasteiger partial charge in [-0.2, -0.15) is 0 Å². The number of halogens is 3. The molecule has 0 bridgehead atoms. The molecule has 0 saturated heterocycles. The second kappa shape index (κ2) is 6.10. The Labute approximate surface area is 137 Å². The number of hydrogen-bond donors (Lipinski definition) is 1. The summed E-state index contributed by atoms with van der Waals surface area (Å²) in [5.74, 6) is 0. The summed E-state index contributed by atoms with van der Waals surface area (Å²) in [6, 6.07) is 13.1. The Hall–Kier alpha value is -1.48. The smallest absolute Gasteiger partial charge is 0.0908 e. The lowest BCUT2D eigenvalue weighted by molar-refractivity contribution is 1.15. The van der Waals surface area contributed by atoms with E-state index in [1.165, 1.54) is 0 Å². The summed E-state index contributed by atoms with van der Waals surface area (Å²) in [5.41, 5.74) is 2.58. The van der Waals surface area contributed by atoms with Crippen LogP contribution >= 0.6 is 34.8 Å². The van der Waals surface area contributed by atoms with Gasteiger partial charge in [0, 0.05) is 39.4 Å². The predicted molar refractivity (Wildman–Crippen MR) is 90.5 cm³/mol. The van der Waals surface area contributed by atoms with Crippen LogP contribution < -0.4 is 5.32 Å². The van der Waals surface area contributed by atoms with Crippen molar-refractivity contribution in [1.82, 2.24) is 4.98 Å². The number of fused-ring (bicyclic) bond motifs is 1. The molecule has 0 unspecified atom stereocenters. The Balaban J connectivity index is 1.94. The molecule has 0 saturated carbocycles. The summed E-state index contributed by atoms with van der Waals surface area (Å²) >= 11 is 18.5. The van der Waals surface area contributed by atoms with Gasteiger partial charge >= 0.3 is 0 Å². The molecule has 0 atom stereocenters. The molecule has 1 aromatic heterocycles. The molecule has 2 nitrogen and oxygen atoms in total. The van der Waals surface area contributed by atoms with Crippen LogP contribution in [-0.4, -0.2) is 4.98 Å². The molecule has 3 rings (SSSR count). The topological polar surface area (TPSA) is 24.9 Å². The number of benzene rings is 2. The standard InChI is InChI=1S/C16H11Cl3N2/c17-12-4-1-5-13(18)11(12)9-21-15-7-6-14(19)16-10(15)3-2-8-20-16/h1-8,21H,9H2. The number of anilines is 1. The van der Waals surface area contributed by atoms with Gasteiger partial charge in [0.05, 0.1) is 10.5 Å². The molecule has 5 heteroatoms. The van der Waals surface area contributed by atoms with Crippen LogP contribution in [0, 0.1) is 0 Å². The molecule has 0 aliphatic rings. The first kappa shape index (κ1) is 14.5. The third kappa shape index (κ3) is 2.93. The van der Waals surface area contributed by atoms with Gasteiger partial charge in [0.25, 0.3) is 0 Å². The van der Waals surface area contributed by atoms with Crippen LogP contribution in [0.1, 0.15) is 5.56 Å².